The van der Waals surface area contributed by atoms with E-state index in [-0.39, 0.29) is 0 Å². The molecule has 5 nitrogen and oxygen atoms in total. The number of rotatable bonds is 4. The van der Waals surface area contributed by atoms with Crippen molar-refractivity contribution in [2.45, 2.75) is 18.8 Å². The van der Waals surface area contributed by atoms with Crippen LogP contribution in [-0.4, -0.2) is 49.6 Å². The largest absolute Gasteiger partial charge is 0.493 e. The lowest BCUT2D eigenvalue weighted by Gasteiger charge is -2.34. The Balaban J connectivity index is 1.78. The number of methoxy groups -OCH3 is 1. The summed E-state index contributed by atoms with van der Waals surface area (Å²) in [7, 11) is 1.69. The predicted molar refractivity (Wildman–Crippen MR) is 72.6 cm³/mol. The standard InChI is InChI=1S/C14H19N3O2/c1-19-13-8-12(11-2-3-11)9-15-14(13)17-6-4-16(10-18)5-7-17/h8-11H,2-7H2,1H3. The molecule has 5 heteroatoms. The number of carbonyl (C=O) groups excluding carboxylic acids is 1. The van der Waals surface area contributed by atoms with Crippen molar-refractivity contribution in [3.63, 3.8) is 0 Å². The van der Waals surface area contributed by atoms with Crippen molar-refractivity contribution in [2.75, 3.05) is 38.2 Å². The molecule has 0 N–H and O–H groups in total. The lowest BCUT2D eigenvalue weighted by Crippen LogP contribution is -2.46. The fourth-order valence-corrected chi connectivity index (χ4v) is 2.52. The fourth-order valence-electron chi connectivity index (χ4n) is 2.52. The Morgan fingerprint density at radius 3 is 2.63 bits per heavy atom. The summed E-state index contributed by atoms with van der Waals surface area (Å²) in [6.45, 7) is 3.12. The van der Waals surface area contributed by atoms with Crippen LogP contribution in [0.3, 0.4) is 0 Å². The Bertz CT molecular complexity index is 466. The first-order chi connectivity index (χ1) is 9.31. The maximum absolute atomic E-state index is 10.7. The first-order valence-electron chi connectivity index (χ1n) is 6.80. The molecular formula is C14H19N3O2. The lowest BCUT2D eigenvalue weighted by molar-refractivity contribution is -0.118. The smallest absolute Gasteiger partial charge is 0.209 e. The minimum atomic E-state index is 0.683. The Kier molecular flexibility index (Phi) is 3.27. The summed E-state index contributed by atoms with van der Waals surface area (Å²) in [6.07, 6.45) is 5.42. The zero-order valence-corrected chi connectivity index (χ0v) is 11.2. The average Bonchev–Trinajstić information content (AvgIpc) is 3.31. The van der Waals surface area contributed by atoms with Gasteiger partial charge in [0.2, 0.25) is 6.41 Å². The number of anilines is 1. The van der Waals surface area contributed by atoms with Crippen molar-refractivity contribution in [1.82, 2.24) is 9.88 Å². The molecule has 19 heavy (non-hydrogen) atoms. The number of hydrogen-bond donors (Lipinski definition) is 0. The van der Waals surface area contributed by atoms with E-state index in [0.29, 0.717) is 5.92 Å². The minimum absolute atomic E-state index is 0.683. The van der Waals surface area contributed by atoms with Gasteiger partial charge in [-0.1, -0.05) is 0 Å². The summed E-state index contributed by atoms with van der Waals surface area (Å²) in [5, 5.41) is 0. The molecule has 2 aliphatic rings. The summed E-state index contributed by atoms with van der Waals surface area (Å²) in [5.74, 6) is 2.43. The number of carbonyl (C=O) groups is 1. The molecule has 0 atom stereocenters. The number of nitrogens with zero attached hydrogens (tertiary/aromatic N) is 3. The van der Waals surface area contributed by atoms with E-state index in [1.165, 1.54) is 18.4 Å². The van der Waals surface area contributed by atoms with Gasteiger partial charge in [0.05, 0.1) is 7.11 Å². The fraction of sp³-hybridized carbons (Fsp3) is 0.571. The van der Waals surface area contributed by atoms with Crippen LogP contribution in [0, 0.1) is 0 Å². The molecule has 1 saturated heterocycles. The monoisotopic (exact) mass is 261 g/mol. The Morgan fingerprint density at radius 1 is 1.32 bits per heavy atom. The second-order valence-corrected chi connectivity index (χ2v) is 5.20. The highest BCUT2D eigenvalue weighted by Gasteiger charge is 2.26. The topological polar surface area (TPSA) is 45.7 Å². The summed E-state index contributed by atoms with van der Waals surface area (Å²) in [4.78, 5) is 19.3. The van der Waals surface area contributed by atoms with E-state index < -0.39 is 0 Å². The molecule has 1 amide bonds. The average molecular weight is 261 g/mol. The third-order valence-electron chi connectivity index (χ3n) is 3.89. The summed E-state index contributed by atoms with van der Waals surface area (Å²) in [5.41, 5.74) is 1.28. The Morgan fingerprint density at radius 2 is 2.05 bits per heavy atom. The molecule has 0 bridgehead atoms. The Hall–Kier alpha value is -1.78. The van der Waals surface area contributed by atoms with Crippen molar-refractivity contribution in [1.29, 1.82) is 0 Å². The van der Waals surface area contributed by atoms with Gasteiger partial charge in [0.1, 0.15) is 0 Å². The molecule has 1 aliphatic carbocycles. The van der Waals surface area contributed by atoms with Gasteiger partial charge in [-0.05, 0) is 30.4 Å². The number of amides is 1. The van der Waals surface area contributed by atoms with E-state index in [9.17, 15) is 4.79 Å². The van der Waals surface area contributed by atoms with Crippen molar-refractivity contribution < 1.29 is 9.53 Å². The molecule has 1 aromatic heterocycles. The van der Waals surface area contributed by atoms with Crippen LogP contribution in [0.4, 0.5) is 5.82 Å². The number of piperazine rings is 1. The lowest BCUT2D eigenvalue weighted by atomic mass is 10.2. The van der Waals surface area contributed by atoms with Gasteiger partial charge in [0.15, 0.2) is 11.6 Å². The molecule has 2 fully saturated rings. The van der Waals surface area contributed by atoms with Gasteiger partial charge in [-0.3, -0.25) is 4.79 Å². The summed E-state index contributed by atoms with van der Waals surface area (Å²) < 4.78 is 5.48. The Labute approximate surface area is 113 Å². The van der Waals surface area contributed by atoms with Crippen LogP contribution in [0.25, 0.3) is 0 Å². The van der Waals surface area contributed by atoms with Crippen LogP contribution < -0.4 is 9.64 Å². The second kappa shape index (κ2) is 5.07. The van der Waals surface area contributed by atoms with Gasteiger partial charge in [-0.15, -0.1) is 0 Å². The minimum Gasteiger partial charge on any atom is -0.493 e. The molecule has 1 aliphatic heterocycles. The second-order valence-electron chi connectivity index (χ2n) is 5.20. The highest BCUT2D eigenvalue weighted by Crippen LogP contribution is 2.42. The van der Waals surface area contributed by atoms with Crippen molar-refractivity contribution in [3.8, 4) is 5.75 Å². The van der Waals surface area contributed by atoms with Gasteiger partial charge in [-0.2, -0.15) is 0 Å². The summed E-state index contributed by atoms with van der Waals surface area (Å²) >= 11 is 0. The van der Waals surface area contributed by atoms with Crippen LogP contribution in [0.1, 0.15) is 24.3 Å². The van der Waals surface area contributed by atoms with Gasteiger partial charge in [0.25, 0.3) is 0 Å². The number of ether oxygens (including phenoxy) is 1. The zero-order valence-electron chi connectivity index (χ0n) is 11.2. The van der Waals surface area contributed by atoms with Gasteiger partial charge in [0, 0.05) is 32.4 Å². The van der Waals surface area contributed by atoms with E-state index in [0.717, 1.165) is 44.2 Å². The summed E-state index contributed by atoms with van der Waals surface area (Å²) in [6, 6.07) is 2.12. The molecule has 102 valence electrons. The molecule has 0 spiro atoms. The van der Waals surface area contributed by atoms with Crippen LogP contribution in [0.5, 0.6) is 5.75 Å². The number of aromatic nitrogens is 1. The van der Waals surface area contributed by atoms with E-state index in [4.69, 9.17) is 4.74 Å². The maximum atomic E-state index is 10.7. The third-order valence-corrected chi connectivity index (χ3v) is 3.89. The quantitative estimate of drug-likeness (QED) is 0.765. The highest BCUT2D eigenvalue weighted by molar-refractivity contribution is 5.55. The van der Waals surface area contributed by atoms with Gasteiger partial charge >= 0.3 is 0 Å². The van der Waals surface area contributed by atoms with Crippen molar-refractivity contribution >= 4 is 12.2 Å². The molecule has 3 rings (SSSR count). The molecule has 2 heterocycles. The maximum Gasteiger partial charge on any atom is 0.209 e. The van der Waals surface area contributed by atoms with E-state index in [1.54, 1.807) is 12.0 Å². The third kappa shape index (κ3) is 2.50. The predicted octanol–water partition coefficient (Wildman–Crippen LogP) is 1.25. The molecule has 1 saturated carbocycles. The number of hydrogen-bond acceptors (Lipinski definition) is 4. The van der Waals surface area contributed by atoms with Gasteiger partial charge in [-0.25, -0.2) is 4.98 Å². The molecule has 0 unspecified atom stereocenters. The van der Waals surface area contributed by atoms with Crippen LogP contribution in [0.15, 0.2) is 12.3 Å². The normalized spacial score (nSPS) is 19.4. The number of pyridine rings is 1. The van der Waals surface area contributed by atoms with Gasteiger partial charge < -0.3 is 14.5 Å². The van der Waals surface area contributed by atoms with Crippen LogP contribution in [0.2, 0.25) is 0 Å². The SMILES string of the molecule is COc1cc(C2CC2)cnc1N1CCN(C=O)CC1. The first-order valence-corrected chi connectivity index (χ1v) is 6.80. The highest BCUT2D eigenvalue weighted by atomic mass is 16.5. The zero-order chi connectivity index (χ0) is 13.2. The van der Waals surface area contributed by atoms with Crippen LogP contribution in [-0.2, 0) is 4.79 Å². The molecule has 0 radical (unpaired) electrons. The first kappa shape index (κ1) is 12.3. The van der Waals surface area contributed by atoms with Crippen LogP contribution >= 0.6 is 0 Å². The van der Waals surface area contributed by atoms with E-state index in [1.807, 2.05) is 6.20 Å². The van der Waals surface area contributed by atoms with Crippen molar-refractivity contribution in [2.24, 2.45) is 0 Å². The van der Waals surface area contributed by atoms with E-state index >= 15 is 0 Å². The molecule has 0 aromatic carbocycles. The van der Waals surface area contributed by atoms with Crippen molar-refractivity contribution in [3.05, 3.63) is 17.8 Å². The molecular weight excluding hydrogens is 242 g/mol. The molecule has 1 aromatic rings. The van der Waals surface area contributed by atoms with E-state index in [2.05, 4.69) is 16.0 Å².